The molecule has 7 heteroatoms. The lowest BCUT2D eigenvalue weighted by Crippen LogP contribution is -2.40. The highest BCUT2D eigenvalue weighted by atomic mass is 79.9. The highest BCUT2D eigenvalue weighted by Crippen LogP contribution is 2.12. The van der Waals surface area contributed by atoms with Gasteiger partial charge in [-0.25, -0.2) is 9.59 Å². The third-order valence-electron chi connectivity index (χ3n) is 2.42. The minimum Gasteiger partial charge on any atom is -0.444 e. The van der Waals surface area contributed by atoms with E-state index >= 15 is 0 Å². The van der Waals surface area contributed by atoms with Gasteiger partial charge >= 0.3 is 12.1 Å². The van der Waals surface area contributed by atoms with Gasteiger partial charge in [-0.1, -0.05) is 28.1 Å². The number of amides is 3. The standard InChI is InChI=1S/C16H22BrN3O3/c1-16(2,3)23-15(22)20-10-9-19-14(21)18-8-7-12-5-4-6-13(17)11-12/h4-8,11H,9-10H2,1-3H3,(H,20,22)(H2,18,19,21)/b8-7+. The Labute approximate surface area is 144 Å². The largest absolute Gasteiger partial charge is 0.444 e. The van der Waals surface area contributed by atoms with Gasteiger partial charge in [0.15, 0.2) is 0 Å². The number of nitrogens with one attached hydrogen (secondary N) is 3. The van der Waals surface area contributed by atoms with E-state index in [0.717, 1.165) is 10.0 Å². The second kappa shape index (κ2) is 9.19. The minimum atomic E-state index is -0.536. The van der Waals surface area contributed by atoms with E-state index in [1.807, 2.05) is 24.3 Å². The smallest absolute Gasteiger partial charge is 0.407 e. The van der Waals surface area contributed by atoms with Crippen LogP contribution in [-0.4, -0.2) is 30.8 Å². The molecule has 3 amide bonds. The van der Waals surface area contributed by atoms with Crippen LogP contribution in [0.5, 0.6) is 0 Å². The van der Waals surface area contributed by atoms with Crippen molar-refractivity contribution < 1.29 is 14.3 Å². The number of rotatable bonds is 5. The molecule has 0 radical (unpaired) electrons. The van der Waals surface area contributed by atoms with E-state index in [1.54, 1.807) is 33.0 Å². The van der Waals surface area contributed by atoms with E-state index in [0.29, 0.717) is 6.54 Å². The quantitative estimate of drug-likeness (QED) is 0.682. The maximum Gasteiger partial charge on any atom is 0.407 e. The van der Waals surface area contributed by atoms with Gasteiger partial charge in [-0.2, -0.15) is 0 Å². The molecule has 126 valence electrons. The summed E-state index contributed by atoms with van der Waals surface area (Å²) in [6.07, 6.45) is 2.83. The number of carbonyl (C=O) groups excluding carboxylic acids is 2. The normalized spacial score (nSPS) is 11.1. The van der Waals surface area contributed by atoms with Gasteiger partial charge in [0.2, 0.25) is 0 Å². The number of carbonyl (C=O) groups is 2. The summed E-state index contributed by atoms with van der Waals surface area (Å²) in [5, 5.41) is 7.76. The van der Waals surface area contributed by atoms with Gasteiger partial charge in [-0.3, -0.25) is 0 Å². The molecule has 0 saturated carbocycles. The average molecular weight is 384 g/mol. The summed E-state index contributed by atoms with van der Waals surface area (Å²) >= 11 is 3.38. The zero-order chi connectivity index (χ0) is 17.3. The summed E-state index contributed by atoms with van der Waals surface area (Å²) in [4.78, 5) is 22.9. The van der Waals surface area contributed by atoms with Crippen molar-refractivity contribution in [3.05, 3.63) is 40.5 Å². The molecule has 0 aromatic heterocycles. The molecular weight excluding hydrogens is 362 g/mol. The molecular formula is C16H22BrN3O3. The number of alkyl carbamates (subject to hydrolysis) is 1. The Morgan fingerprint density at radius 3 is 2.57 bits per heavy atom. The first-order chi connectivity index (χ1) is 10.8. The maximum absolute atomic E-state index is 11.5. The predicted octanol–water partition coefficient (Wildman–Crippen LogP) is 3.24. The zero-order valence-corrected chi connectivity index (χ0v) is 15.1. The van der Waals surface area contributed by atoms with Crippen molar-refractivity contribution in [2.45, 2.75) is 26.4 Å². The first-order valence-electron chi connectivity index (χ1n) is 7.19. The van der Waals surface area contributed by atoms with E-state index < -0.39 is 11.7 Å². The van der Waals surface area contributed by atoms with Crippen LogP contribution in [0.15, 0.2) is 34.9 Å². The highest BCUT2D eigenvalue weighted by Gasteiger charge is 2.15. The third kappa shape index (κ3) is 9.57. The van der Waals surface area contributed by atoms with Crippen LogP contribution in [0.2, 0.25) is 0 Å². The van der Waals surface area contributed by atoms with E-state index in [4.69, 9.17) is 4.74 Å². The van der Waals surface area contributed by atoms with Crippen LogP contribution in [0.25, 0.3) is 6.08 Å². The van der Waals surface area contributed by atoms with Crippen LogP contribution in [0.3, 0.4) is 0 Å². The lowest BCUT2D eigenvalue weighted by atomic mass is 10.2. The summed E-state index contributed by atoms with van der Waals surface area (Å²) < 4.78 is 6.04. The first kappa shape index (κ1) is 19.0. The van der Waals surface area contributed by atoms with Crippen molar-refractivity contribution in [3.8, 4) is 0 Å². The molecule has 0 saturated heterocycles. The molecule has 3 N–H and O–H groups in total. The van der Waals surface area contributed by atoms with Gasteiger partial charge < -0.3 is 20.7 Å². The molecule has 0 aliphatic carbocycles. The Hall–Kier alpha value is -2.02. The maximum atomic E-state index is 11.5. The summed E-state index contributed by atoms with van der Waals surface area (Å²) in [5.74, 6) is 0. The number of halogens is 1. The van der Waals surface area contributed by atoms with Crippen molar-refractivity contribution in [1.82, 2.24) is 16.0 Å². The Bertz CT molecular complexity index is 568. The van der Waals surface area contributed by atoms with Gasteiger partial charge in [-0.05, 0) is 44.5 Å². The number of hydrogen-bond donors (Lipinski definition) is 3. The van der Waals surface area contributed by atoms with Gasteiger partial charge in [-0.15, -0.1) is 0 Å². The Balaban J connectivity index is 2.19. The summed E-state index contributed by atoms with van der Waals surface area (Å²) in [7, 11) is 0. The summed E-state index contributed by atoms with van der Waals surface area (Å²) in [6.45, 7) is 5.95. The molecule has 23 heavy (non-hydrogen) atoms. The molecule has 0 heterocycles. The molecule has 1 aromatic carbocycles. The zero-order valence-electron chi connectivity index (χ0n) is 13.5. The molecule has 1 rings (SSSR count). The van der Waals surface area contributed by atoms with Gasteiger partial charge in [0.1, 0.15) is 5.60 Å². The van der Waals surface area contributed by atoms with Gasteiger partial charge in [0.05, 0.1) is 0 Å². The minimum absolute atomic E-state index is 0.289. The van der Waals surface area contributed by atoms with Crippen molar-refractivity contribution in [3.63, 3.8) is 0 Å². The van der Waals surface area contributed by atoms with E-state index in [2.05, 4.69) is 31.9 Å². The number of benzene rings is 1. The lowest BCUT2D eigenvalue weighted by Gasteiger charge is -2.19. The Kier molecular flexibility index (Phi) is 7.61. The molecule has 0 bridgehead atoms. The van der Waals surface area contributed by atoms with Gasteiger partial charge in [0, 0.05) is 23.8 Å². The third-order valence-corrected chi connectivity index (χ3v) is 2.91. The second-order valence-corrected chi connectivity index (χ2v) is 6.63. The SMILES string of the molecule is CC(C)(C)OC(=O)NCCNC(=O)N/C=C/c1cccc(Br)c1. The molecule has 0 atom stereocenters. The van der Waals surface area contributed by atoms with Crippen LogP contribution in [-0.2, 0) is 4.74 Å². The van der Waals surface area contributed by atoms with E-state index in [-0.39, 0.29) is 12.6 Å². The van der Waals surface area contributed by atoms with E-state index in [9.17, 15) is 9.59 Å². The highest BCUT2D eigenvalue weighted by molar-refractivity contribution is 9.10. The first-order valence-corrected chi connectivity index (χ1v) is 7.99. The number of urea groups is 1. The summed E-state index contributed by atoms with van der Waals surface area (Å²) in [6, 6.07) is 7.34. The van der Waals surface area contributed by atoms with Crippen LogP contribution < -0.4 is 16.0 Å². The lowest BCUT2D eigenvalue weighted by molar-refractivity contribution is 0.0528. The fraction of sp³-hybridized carbons (Fsp3) is 0.375. The van der Waals surface area contributed by atoms with E-state index in [1.165, 1.54) is 0 Å². The fourth-order valence-corrected chi connectivity index (χ4v) is 1.95. The number of hydrogen-bond acceptors (Lipinski definition) is 3. The molecule has 0 aliphatic heterocycles. The molecule has 6 nitrogen and oxygen atoms in total. The van der Waals surface area contributed by atoms with Crippen LogP contribution in [0.1, 0.15) is 26.3 Å². The topological polar surface area (TPSA) is 79.5 Å². The van der Waals surface area contributed by atoms with Crippen molar-refractivity contribution in [2.24, 2.45) is 0 Å². The van der Waals surface area contributed by atoms with Crippen molar-refractivity contribution in [2.75, 3.05) is 13.1 Å². The monoisotopic (exact) mass is 383 g/mol. The Morgan fingerprint density at radius 1 is 1.22 bits per heavy atom. The average Bonchev–Trinajstić information content (AvgIpc) is 2.42. The molecule has 0 fully saturated rings. The predicted molar refractivity (Wildman–Crippen MR) is 93.9 cm³/mol. The van der Waals surface area contributed by atoms with Gasteiger partial charge in [0.25, 0.3) is 0 Å². The summed E-state index contributed by atoms with van der Waals surface area (Å²) in [5.41, 5.74) is 0.429. The van der Waals surface area contributed by atoms with Crippen LogP contribution in [0, 0.1) is 0 Å². The van der Waals surface area contributed by atoms with Crippen molar-refractivity contribution in [1.29, 1.82) is 0 Å². The van der Waals surface area contributed by atoms with Crippen molar-refractivity contribution >= 4 is 34.1 Å². The molecule has 1 aromatic rings. The van der Waals surface area contributed by atoms with Crippen LogP contribution in [0.4, 0.5) is 9.59 Å². The van der Waals surface area contributed by atoms with Crippen LogP contribution >= 0.6 is 15.9 Å². The Morgan fingerprint density at radius 2 is 1.91 bits per heavy atom. The molecule has 0 unspecified atom stereocenters. The molecule has 0 spiro atoms. The second-order valence-electron chi connectivity index (χ2n) is 5.72. The fourth-order valence-electron chi connectivity index (χ4n) is 1.53. The molecule has 0 aliphatic rings. The number of ether oxygens (including phenoxy) is 1.